The summed E-state index contributed by atoms with van der Waals surface area (Å²) in [5.41, 5.74) is 0.520. The molecule has 0 fully saturated rings. The maximum Gasteiger partial charge on any atom is 0.241 e. The highest BCUT2D eigenvalue weighted by Crippen LogP contribution is 2.24. The first kappa shape index (κ1) is 21.7. The summed E-state index contributed by atoms with van der Waals surface area (Å²) in [5.74, 6) is -0.00560. The van der Waals surface area contributed by atoms with Crippen LogP contribution < -0.4 is 4.72 Å². The fourth-order valence-corrected chi connectivity index (χ4v) is 4.68. The van der Waals surface area contributed by atoms with Gasteiger partial charge in [-0.15, -0.1) is 10.2 Å². The number of rotatable bonds is 8. The van der Waals surface area contributed by atoms with Gasteiger partial charge < -0.3 is 4.57 Å². The second kappa shape index (κ2) is 9.21. The van der Waals surface area contributed by atoms with Crippen LogP contribution >= 0.6 is 23.4 Å². The van der Waals surface area contributed by atoms with Crippen molar-refractivity contribution in [2.24, 2.45) is 0 Å². The Balaban J connectivity index is 1.99. The molecule has 2 heterocycles. The van der Waals surface area contributed by atoms with Crippen molar-refractivity contribution in [3.05, 3.63) is 65.0 Å². The van der Waals surface area contributed by atoms with Gasteiger partial charge >= 0.3 is 0 Å². The number of halogens is 2. The molecule has 29 heavy (non-hydrogen) atoms. The summed E-state index contributed by atoms with van der Waals surface area (Å²) in [6, 6.07) is 7.92. The summed E-state index contributed by atoms with van der Waals surface area (Å²) in [6.45, 7) is 2.49. The number of nitrogens with zero attached hydrogens (tertiary/aromatic N) is 4. The van der Waals surface area contributed by atoms with Gasteiger partial charge in [0, 0.05) is 23.7 Å². The van der Waals surface area contributed by atoms with Gasteiger partial charge in [-0.05, 0) is 49.6 Å². The number of sulfonamides is 1. The van der Waals surface area contributed by atoms with Crippen molar-refractivity contribution >= 4 is 33.4 Å². The lowest BCUT2D eigenvalue weighted by Gasteiger charge is -2.19. The van der Waals surface area contributed by atoms with Crippen molar-refractivity contribution in [2.45, 2.75) is 36.0 Å². The van der Waals surface area contributed by atoms with Crippen LogP contribution in [0.3, 0.4) is 0 Å². The van der Waals surface area contributed by atoms with Gasteiger partial charge in [-0.1, -0.05) is 23.4 Å². The SMILES string of the molecule is CCn1c(SC)nnc1[C@@H](Cc1ccc(F)cn1)NS(=O)(=O)c1ccc(Cl)cc1. The molecule has 11 heteroatoms. The van der Waals surface area contributed by atoms with Crippen molar-refractivity contribution in [1.82, 2.24) is 24.5 Å². The quantitative estimate of drug-likeness (QED) is 0.523. The first-order chi connectivity index (χ1) is 13.8. The number of nitrogens with one attached hydrogen (secondary N) is 1. The first-order valence-electron chi connectivity index (χ1n) is 8.69. The lowest BCUT2D eigenvalue weighted by atomic mass is 10.1. The predicted molar refractivity (Wildman–Crippen MR) is 110 cm³/mol. The van der Waals surface area contributed by atoms with E-state index in [0.29, 0.717) is 28.2 Å². The van der Waals surface area contributed by atoms with E-state index in [1.54, 1.807) is 0 Å². The van der Waals surface area contributed by atoms with Crippen LogP contribution in [0, 0.1) is 5.82 Å². The van der Waals surface area contributed by atoms with E-state index in [0.717, 1.165) is 6.20 Å². The topological polar surface area (TPSA) is 89.8 Å². The van der Waals surface area contributed by atoms with E-state index in [2.05, 4.69) is 19.9 Å². The molecule has 1 aromatic carbocycles. The van der Waals surface area contributed by atoms with Gasteiger partial charge in [-0.3, -0.25) is 4.98 Å². The molecule has 0 radical (unpaired) electrons. The second-order valence-corrected chi connectivity index (χ2v) is 9.01. The van der Waals surface area contributed by atoms with Gasteiger partial charge in [-0.2, -0.15) is 0 Å². The number of aromatic nitrogens is 4. The normalized spacial score (nSPS) is 12.8. The molecule has 0 saturated carbocycles. The average molecular weight is 456 g/mol. The molecule has 0 bridgehead atoms. The minimum atomic E-state index is -3.87. The maximum absolute atomic E-state index is 13.2. The molecule has 0 amide bonds. The van der Waals surface area contributed by atoms with E-state index in [1.807, 2.05) is 17.7 Å². The van der Waals surface area contributed by atoms with Gasteiger partial charge in [0.05, 0.1) is 17.1 Å². The minimum Gasteiger partial charge on any atom is -0.305 e. The monoisotopic (exact) mass is 455 g/mol. The van der Waals surface area contributed by atoms with Crippen molar-refractivity contribution in [3.8, 4) is 0 Å². The van der Waals surface area contributed by atoms with E-state index in [4.69, 9.17) is 11.6 Å². The zero-order valence-electron chi connectivity index (χ0n) is 15.7. The molecular weight excluding hydrogens is 437 g/mol. The van der Waals surface area contributed by atoms with Gasteiger partial charge in [0.1, 0.15) is 5.82 Å². The predicted octanol–water partition coefficient (Wildman–Crippen LogP) is 3.47. The smallest absolute Gasteiger partial charge is 0.241 e. The third-order valence-electron chi connectivity index (χ3n) is 4.18. The molecule has 7 nitrogen and oxygen atoms in total. The largest absolute Gasteiger partial charge is 0.305 e. The molecule has 1 N–H and O–H groups in total. The standard InChI is InChI=1S/C18H19ClFN5O2S2/c1-3-25-17(22-23-18(25)28-2)16(10-14-7-6-13(20)11-21-14)24-29(26,27)15-8-4-12(19)5-9-15/h4-9,11,16,24H,3,10H2,1-2H3/t16-/m1/s1. The number of hydrogen-bond acceptors (Lipinski definition) is 6. The number of thioether (sulfide) groups is 1. The highest BCUT2D eigenvalue weighted by Gasteiger charge is 2.27. The Labute approximate surface area is 177 Å². The van der Waals surface area contributed by atoms with Crippen LogP contribution in [-0.2, 0) is 23.0 Å². The molecule has 0 saturated heterocycles. The molecule has 0 spiro atoms. The lowest BCUT2D eigenvalue weighted by molar-refractivity contribution is 0.514. The summed E-state index contributed by atoms with van der Waals surface area (Å²) in [6.07, 6.45) is 3.14. The van der Waals surface area contributed by atoms with E-state index >= 15 is 0 Å². The Morgan fingerprint density at radius 1 is 1.21 bits per heavy atom. The zero-order chi connectivity index (χ0) is 21.0. The molecule has 2 aromatic heterocycles. The Kier molecular flexibility index (Phi) is 6.89. The summed E-state index contributed by atoms with van der Waals surface area (Å²) in [5, 5.41) is 9.45. The Morgan fingerprint density at radius 2 is 1.93 bits per heavy atom. The fraction of sp³-hybridized carbons (Fsp3) is 0.278. The Bertz CT molecular complexity index is 1070. The molecule has 0 aliphatic rings. The van der Waals surface area contributed by atoms with Crippen LogP contribution in [0.4, 0.5) is 4.39 Å². The summed E-state index contributed by atoms with van der Waals surface area (Å²) in [4.78, 5) is 4.13. The third-order valence-corrected chi connectivity index (χ3v) is 6.59. The summed E-state index contributed by atoms with van der Waals surface area (Å²) < 4.78 is 43.6. The van der Waals surface area contributed by atoms with Crippen molar-refractivity contribution in [1.29, 1.82) is 0 Å². The van der Waals surface area contributed by atoms with Gasteiger partial charge in [0.25, 0.3) is 0 Å². The fourth-order valence-electron chi connectivity index (χ4n) is 2.80. The molecule has 0 unspecified atom stereocenters. The average Bonchev–Trinajstić information content (AvgIpc) is 3.12. The number of pyridine rings is 1. The summed E-state index contributed by atoms with van der Waals surface area (Å²) in [7, 11) is -3.87. The second-order valence-electron chi connectivity index (χ2n) is 6.09. The van der Waals surface area contributed by atoms with Crippen molar-refractivity contribution in [3.63, 3.8) is 0 Å². The van der Waals surface area contributed by atoms with Gasteiger partial charge in [0.2, 0.25) is 10.0 Å². The first-order valence-corrected chi connectivity index (χ1v) is 11.8. The van der Waals surface area contributed by atoms with E-state index in [1.165, 1.54) is 48.2 Å². The molecule has 3 aromatic rings. The van der Waals surface area contributed by atoms with Crippen LogP contribution in [0.25, 0.3) is 0 Å². The highest BCUT2D eigenvalue weighted by molar-refractivity contribution is 7.98. The van der Waals surface area contributed by atoms with Crippen LogP contribution in [0.15, 0.2) is 52.6 Å². The van der Waals surface area contributed by atoms with Crippen LogP contribution in [0.1, 0.15) is 24.5 Å². The molecule has 0 aliphatic heterocycles. The van der Waals surface area contributed by atoms with Crippen LogP contribution in [0.2, 0.25) is 5.02 Å². The zero-order valence-corrected chi connectivity index (χ0v) is 18.1. The maximum atomic E-state index is 13.2. The highest BCUT2D eigenvalue weighted by atomic mass is 35.5. The molecular formula is C18H19ClFN5O2S2. The van der Waals surface area contributed by atoms with E-state index in [-0.39, 0.29) is 11.3 Å². The van der Waals surface area contributed by atoms with E-state index in [9.17, 15) is 12.8 Å². The van der Waals surface area contributed by atoms with Crippen LogP contribution in [0.5, 0.6) is 0 Å². The minimum absolute atomic E-state index is 0.0756. The van der Waals surface area contributed by atoms with Crippen molar-refractivity contribution in [2.75, 3.05) is 6.26 Å². The Hall–Kier alpha value is -2.01. The van der Waals surface area contributed by atoms with Crippen molar-refractivity contribution < 1.29 is 12.8 Å². The Morgan fingerprint density at radius 3 is 2.52 bits per heavy atom. The van der Waals surface area contributed by atoms with Gasteiger partial charge in [-0.25, -0.2) is 17.5 Å². The van der Waals surface area contributed by atoms with Crippen LogP contribution in [-0.4, -0.2) is 34.4 Å². The van der Waals surface area contributed by atoms with Gasteiger partial charge in [0.15, 0.2) is 11.0 Å². The van der Waals surface area contributed by atoms with E-state index < -0.39 is 21.9 Å². The number of hydrogen-bond donors (Lipinski definition) is 1. The number of benzene rings is 1. The third kappa shape index (κ3) is 5.13. The molecule has 3 rings (SSSR count). The molecule has 154 valence electrons. The summed E-state index contributed by atoms with van der Waals surface area (Å²) >= 11 is 7.28. The lowest BCUT2D eigenvalue weighted by Crippen LogP contribution is -2.32. The molecule has 0 aliphatic carbocycles. The molecule has 1 atom stereocenters.